The first-order valence-electron chi connectivity index (χ1n) is 11.6. The number of carboxylic acids is 1. The minimum Gasteiger partial charge on any atom is -0.508 e. The summed E-state index contributed by atoms with van der Waals surface area (Å²) in [4.78, 5) is 16.0. The minimum absolute atomic E-state index is 0.178. The van der Waals surface area contributed by atoms with Crippen LogP contribution in [0.5, 0.6) is 11.5 Å². The third-order valence-electron chi connectivity index (χ3n) is 7.16. The highest BCUT2D eigenvalue weighted by atomic mass is 19.1. The summed E-state index contributed by atoms with van der Waals surface area (Å²) in [5.74, 6) is -0.108. The lowest BCUT2D eigenvalue weighted by atomic mass is 9.76. The van der Waals surface area contributed by atoms with Crippen molar-refractivity contribution in [3.8, 4) is 11.5 Å². The summed E-state index contributed by atoms with van der Waals surface area (Å²) in [6.07, 6.45) is 0.757. The summed E-state index contributed by atoms with van der Waals surface area (Å²) in [7, 11) is 0. The van der Waals surface area contributed by atoms with E-state index in [0.29, 0.717) is 19.7 Å². The van der Waals surface area contributed by atoms with Crippen LogP contribution < -0.4 is 4.74 Å². The number of benzene rings is 2. The second kappa shape index (κ2) is 9.69. The molecule has 2 aliphatic heterocycles. The molecule has 1 saturated heterocycles. The summed E-state index contributed by atoms with van der Waals surface area (Å²) >= 11 is 0. The van der Waals surface area contributed by atoms with E-state index in [1.54, 1.807) is 13.0 Å². The number of aliphatic carboxylic acids is 1. The number of hydrogen-bond donors (Lipinski definition) is 2. The van der Waals surface area contributed by atoms with E-state index in [1.165, 1.54) is 0 Å². The molecule has 2 heterocycles. The number of hydrogen-bond acceptors (Lipinski definition) is 5. The second-order valence-electron chi connectivity index (χ2n) is 9.50. The molecular formula is C26H33FN2O4. The standard InChI is InChI=1S/C26H33FN2O4/c1-18(25(31)32)15-29-10-9-20-13-22(30)5-8-24(20)26(29,2)21-3-6-23(7-4-21)33-12-11-28-16-19(14-27)17-28/h3-8,13,18-19,30H,9-12,14-17H2,1-2H3,(H,31,32)/t18-,26-/m1/s1. The molecule has 178 valence electrons. The molecule has 7 heteroatoms. The van der Waals surface area contributed by atoms with Gasteiger partial charge < -0.3 is 14.9 Å². The van der Waals surface area contributed by atoms with Crippen LogP contribution in [0.4, 0.5) is 4.39 Å². The predicted molar refractivity (Wildman–Crippen MR) is 124 cm³/mol. The molecule has 2 aromatic rings. The van der Waals surface area contributed by atoms with Gasteiger partial charge in [0.15, 0.2) is 0 Å². The lowest BCUT2D eigenvalue weighted by Crippen LogP contribution is -2.51. The van der Waals surface area contributed by atoms with Crippen molar-refractivity contribution >= 4 is 5.97 Å². The van der Waals surface area contributed by atoms with Gasteiger partial charge in [0.25, 0.3) is 0 Å². The monoisotopic (exact) mass is 456 g/mol. The quantitative estimate of drug-likeness (QED) is 0.602. The highest BCUT2D eigenvalue weighted by Gasteiger charge is 2.41. The van der Waals surface area contributed by atoms with Crippen LogP contribution in [0.3, 0.4) is 0 Å². The Labute approximate surface area is 194 Å². The van der Waals surface area contributed by atoms with Crippen molar-refractivity contribution in [2.45, 2.75) is 25.8 Å². The lowest BCUT2D eigenvalue weighted by molar-refractivity contribution is -0.142. The van der Waals surface area contributed by atoms with E-state index in [4.69, 9.17) is 4.74 Å². The molecule has 0 amide bonds. The van der Waals surface area contributed by atoms with Gasteiger partial charge in [-0.2, -0.15) is 0 Å². The molecule has 0 radical (unpaired) electrons. The molecule has 1 fully saturated rings. The normalized spacial score (nSPS) is 22.4. The summed E-state index contributed by atoms with van der Waals surface area (Å²) in [6.45, 7) is 7.69. The third kappa shape index (κ3) is 4.84. The first-order valence-corrected chi connectivity index (χ1v) is 11.6. The van der Waals surface area contributed by atoms with E-state index in [1.807, 2.05) is 36.4 Å². The van der Waals surface area contributed by atoms with E-state index >= 15 is 0 Å². The van der Waals surface area contributed by atoms with Crippen LogP contribution in [0, 0.1) is 11.8 Å². The van der Waals surface area contributed by atoms with Gasteiger partial charge in [-0.3, -0.25) is 19.0 Å². The zero-order valence-corrected chi connectivity index (χ0v) is 19.3. The number of fused-ring (bicyclic) bond motifs is 1. The molecule has 0 saturated carbocycles. The van der Waals surface area contributed by atoms with Crippen LogP contribution in [0.1, 0.15) is 30.5 Å². The number of halogens is 1. The fraction of sp³-hybridized carbons (Fsp3) is 0.500. The molecule has 0 unspecified atom stereocenters. The molecule has 0 bridgehead atoms. The maximum Gasteiger partial charge on any atom is 0.307 e. The molecule has 0 aromatic heterocycles. The van der Waals surface area contributed by atoms with Gasteiger partial charge in [0.05, 0.1) is 18.1 Å². The SMILES string of the molecule is C[C@H](CN1CCc2cc(O)ccc2[C@@]1(C)c1ccc(OCCN2CC(CF)C2)cc1)C(=O)O. The molecule has 4 rings (SSSR count). The van der Waals surface area contributed by atoms with Gasteiger partial charge in [-0.05, 0) is 54.3 Å². The fourth-order valence-corrected chi connectivity index (χ4v) is 5.06. The largest absolute Gasteiger partial charge is 0.508 e. The topological polar surface area (TPSA) is 73.2 Å². The minimum atomic E-state index is -0.808. The van der Waals surface area contributed by atoms with Crippen LogP contribution in [0.15, 0.2) is 42.5 Å². The fourth-order valence-electron chi connectivity index (χ4n) is 5.06. The molecule has 6 nitrogen and oxygen atoms in total. The molecular weight excluding hydrogens is 423 g/mol. The van der Waals surface area contributed by atoms with Gasteiger partial charge in [-0.25, -0.2) is 0 Å². The maximum absolute atomic E-state index is 12.6. The molecule has 2 N–H and O–H groups in total. The molecule has 33 heavy (non-hydrogen) atoms. The molecule has 0 spiro atoms. The number of phenolic OH excluding ortho intramolecular Hbond substituents is 1. The smallest absolute Gasteiger partial charge is 0.307 e. The zero-order chi connectivity index (χ0) is 23.6. The summed E-state index contributed by atoms with van der Waals surface area (Å²) in [5, 5.41) is 19.5. The number of ether oxygens (including phenoxy) is 1. The summed E-state index contributed by atoms with van der Waals surface area (Å²) < 4.78 is 18.5. The average molecular weight is 457 g/mol. The van der Waals surface area contributed by atoms with E-state index in [9.17, 15) is 19.4 Å². The van der Waals surface area contributed by atoms with Crippen LogP contribution in [0.25, 0.3) is 0 Å². The number of phenols is 1. The Morgan fingerprint density at radius 2 is 1.97 bits per heavy atom. The van der Waals surface area contributed by atoms with E-state index < -0.39 is 17.4 Å². The van der Waals surface area contributed by atoms with E-state index in [2.05, 4.69) is 16.7 Å². The number of carbonyl (C=O) groups is 1. The van der Waals surface area contributed by atoms with Crippen molar-refractivity contribution in [2.75, 3.05) is 46.0 Å². The molecule has 0 aliphatic carbocycles. The number of rotatable bonds is 9. The number of aromatic hydroxyl groups is 1. The number of carboxylic acid groups (broad SMARTS) is 1. The van der Waals surface area contributed by atoms with Crippen LogP contribution in [-0.2, 0) is 16.8 Å². The molecule has 2 aliphatic rings. The summed E-state index contributed by atoms with van der Waals surface area (Å²) in [6, 6.07) is 13.4. The van der Waals surface area contributed by atoms with Gasteiger partial charge in [0.1, 0.15) is 18.1 Å². The van der Waals surface area contributed by atoms with Crippen LogP contribution in [-0.4, -0.2) is 72.0 Å². The zero-order valence-electron chi connectivity index (χ0n) is 19.3. The Hall–Kier alpha value is -2.64. The van der Waals surface area contributed by atoms with Gasteiger partial charge in [0.2, 0.25) is 0 Å². The number of likely N-dealkylation sites (tertiary alicyclic amines) is 1. The number of alkyl halides is 1. The Morgan fingerprint density at radius 1 is 1.24 bits per heavy atom. The van der Waals surface area contributed by atoms with Crippen molar-refractivity contribution in [3.63, 3.8) is 0 Å². The van der Waals surface area contributed by atoms with Gasteiger partial charge in [-0.1, -0.05) is 25.1 Å². The highest BCUT2D eigenvalue weighted by molar-refractivity contribution is 5.69. The van der Waals surface area contributed by atoms with Gasteiger partial charge in [0, 0.05) is 38.6 Å². The van der Waals surface area contributed by atoms with Crippen molar-refractivity contribution in [3.05, 3.63) is 59.2 Å². The predicted octanol–water partition coefficient (Wildman–Crippen LogP) is 3.51. The van der Waals surface area contributed by atoms with E-state index in [-0.39, 0.29) is 18.3 Å². The van der Waals surface area contributed by atoms with Crippen LogP contribution >= 0.6 is 0 Å². The average Bonchev–Trinajstić information content (AvgIpc) is 2.77. The first-order chi connectivity index (χ1) is 15.8. The molecule has 2 aromatic carbocycles. The first kappa shape index (κ1) is 23.5. The Kier molecular flexibility index (Phi) is 6.91. The third-order valence-corrected chi connectivity index (χ3v) is 7.16. The second-order valence-corrected chi connectivity index (χ2v) is 9.50. The Balaban J connectivity index is 1.52. The Bertz CT molecular complexity index is 977. The lowest BCUT2D eigenvalue weighted by Gasteiger charge is -2.47. The Morgan fingerprint density at radius 3 is 2.64 bits per heavy atom. The van der Waals surface area contributed by atoms with Gasteiger partial charge in [-0.15, -0.1) is 0 Å². The maximum atomic E-state index is 12.6. The number of nitrogens with zero attached hydrogens (tertiary/aromatic N) is 2. The molecule has 2 atom stereocenters. The van der Waals surface area contributed by atoms with E-state index in [0.717, 1.165) is 48.5 Å². The van der Waals surface area contributed by atoms with Crippen molar-refractivity contribution in [2.24, 2.45) is 11.8 Å². The van der Waals surface area contributed by atoms with Crippen molar-refractivity contribution in [1.29, 1.82) is 0 Å². The summed E-state index contributed by atoms with van der Waals surface area (Å²) in [5.41, 5.74) is 2.69. The van der Waals surface area contributed by atoms with Crippen molar-refractivity contribution in [1.82, 2.24) is 9.80 Å². The van der Waals surface area contributed by atoms with Gasteiger partial charge >= 0.3 is 5.97 Å². The van der Waals surface area contributed by atoms with Crippen LogP contribution in [0.2, 0.25) is 0 Å². The van der Waals surface area contributed by atoms with Crippen molar-refractivity contribution < 1.29 is 24.1 Å². The highest BCUT2D eigenvalue weighted by Crippen LogP contribution is 2.42.